The molecule has 0 saturated carbocycles. The third-order valence-corrected chi connectivity index (χ3v) is 6.03. The molecule has 0 atom stereocenters. The number of sulfonamides is 1. The molecule has 3 aromatic rings. The summed E-state index contributed by atoms with van der Waals surface area (Å²) in [7, 11) is -4.04. The Balaban J connectivity index is 1.66. The first-order chi connectivity index (χ1) is 14.3. The number of para-hydroxylation sites is 1. The molecule has 0 fully saturated rings. The van der Waals surface area contributed by atoms with Gasteiger partial charge in [0.25, 0.3) is 21.8 Å². The number of amides is 2. The van der Waals surface area contributed by atoms with E-state index in [9.17, 15) is 22.4 Å². The van der Waals surface area contributed by atoms with E-state index in [1.54, 1.807) is 24.3 Å². The SMILES string of the molecule is O=C(NNC(=O)c1ccccc1Br)c1ccc(S(=O)(=O)Nc2ccccc2F)cc1. The minimum atomic E-state index is -4.04. The van der Waals surface area contributed by atoms with E-state index < -0.39 is 27.7 Å². The Kier molecular flexibility index (Phi) is 6.48. The second-order valence-corrected chi connectivity index (χ2v) is 8.53. The Morgan fingerprint density at radius 2 is 1.40 bits per heavy atom. The maximum Gasteiger partial charge on any atom is 0.270 e. The maximum atomic E-state index is 13.7. The summed E-state index contributed by atoms with van der Waals surface area (Å²) < 4.78 is 41.2. The molecule has 30 heavy (non-hydrogen) atoms. The van der Waals surface area contributed by atoms with Gasteiger partial charge in [-0.1, -0.05) is 24.3 Å². The normalized spacial score (nSPS) is 10.9. The molecule has 0 aliphatic carbocycles. The van der Waals surface area contributed by atoms with Crippen molar-refractivity contribution in [1.29, 1.82) is 0 Å². The molecule has 0 saturated heterocycles. The number of rotatable bonds is 5. The van der Waals surface area contributed by atoms with Gasteiger partial charge < -0.3 is 0 Å². The number of hydrogen-bond acceptors (Lipinski definition) is 4. The van der Waals surface area contributed by atoms with Gasteiger partial charge in [0.2, 0.25) is 0 Å². The number of carbonyl (C=O) groups is 2. The lowest BCUT2D eigenvalue weighted by Gasteiger charge is -2.10. The number of benzene rings is 3. The topological polar surface area (TPSA) is 104 Å². The molecular formula is C20H15BrFN3O4S. The van der Waals surface area contributed by atoms with Crippen LogP contribution in [0, 0.1) is 5.82 Å². The summed E-state index contributed by atoms with van der Waals surface area (Å²) in [5.41, 5.74) is 4.80. The van der Waals surface area contributed by atoms with Gasteiger partial charge in [0.1, 0.15) is 5.82 Å². The van der Waals surface area contributed by atoms with Gasteiger partial charge in [-0.05, 0) is 64.5 Å². The lowest BCUT2D eigenvalue weighted by atomic mass is 10.2. The Morgan fingerprint density at radius 1 is 0.800 bits per heavy atom. The Labute approximate surface area is 180 Å². The summed E-state index contributed by atoms with van der Waals surface area (Å²) in [6, 6.07) is 17.0. The predicted molar refractivity (Wildman–Crippen MR) is 113 cm³/mol. The second kappa shape index (κ2) is 9.06. The number of hydrogen-bond donors (Lipinski definition) is 3. The van der Waals surface area contributed by atoms with Crippen molar-refractivity contribution in [3.05, 3.63) is 94.2 Å². The Morgan fingerprint density at radius 3 is 2.07 bits per heavy atom. The van der Waals surface area contributed by atoms with Gasteiger partial charge in [0, 0.05) is 10.0 Å². The van der Waals surface area contributed by atoms with Crippen molar-refractivity contribution in [2.24, 2.45) is 0 Å². The fourth-order valence-electron chi connectivity index (χ4n) is 2.43. The third-order valence-electron chi connectivity index (χ3n) is 3.95. The van der Waals surface area contributed by atoms with Crippen LogP contribution in [0.1, 0.15) is 20.7 Å². The van der Waals surface area contributed by atoms with E-state index in [-0.39, 0.29) is 16.1 Å². The molecule has 0 aromatic heterocycles. The molecule has 0 bridgehead atoms. The summed E-state index contributed by atoms with van der Waals surface area (Å²) in [5, 5.41) is 0. The minimum Gasteiger partial charge on any atom is -0.277 e. The molecule has 0 unspecified atom stereocenters. The molecule has 7 nitrogen and oxygen atoms in total. The molecule has 3 aromatic carbocycles. The molecule has 3 rings (SSSR count). The van der Waals surface area contributed by atoms with Crippen LogP contribution in [0.5, 0.6) is 0 Å². The van der Waals surface area contributed by atoms with Crippen LogP contribution in [0.4, 0.5) is 10.1 Å². The first-order valence-electron chi connectivity index (χ1n) is 8.50. The summed E-state index contributed by atoms with van der Waals surface area (Å²) in [5.74, 6) is -1.87. The van der Waals surface area contributed by atoms with E-state index >= 15 is 0 Å². The van der Waals surface area contributed by atoms with Crippen molar-refractivity contribution >= 4 is 43.5 Å². The summed E-state index contributed by atoms with van der Waals surface area (Å²) >= 11 is 3.24. The van der Waals surface area contributed by atoms with E-state index in [2.05, 4.69) is 31.5 Å². The molecule has 2 amide bonds. The van der Waals surface area contributed by atoms with E-state index in [1.165, 1.54) is 42.5 Å². The Bertz CT molecular complexity index is 1200. The first kappa shape index (κ1) is 21.5. The molecule has 0 aliphatic rings. The highest BCUT2D eigenvalue weighted by molar-refractivity contribution is 9.10. The van der Waals surface area contributed by atoms with E-state index in [4.69, 9.17) is 0 Å². The molecule has 154 valence electrons. The van der Waals surface area contributed by atoms with Crippen molar-refractivity contribution in [1.82, 2.24) is 10.9 Å². The van der Waals surface area contributed by atoms with Gasteiger partial charge in [-0.15, -0.1) is 0 Å². The maximum absolute atomic E-state index is 13.7. The number of carbonyl (C=O) groups excluding carboxylic acids is 2. The Hall–Kier alpha value is -3.24. The fourth-order valence-corrected chi connectivity index (χ4v) is 3.96. The predicted octanol–water partition coefficient (Wildman–Crippen LogP) is 3.46. The van der Waals surface area contributed by atoms with E-state index in [0.29, 0.717) is 10.0 Å². The molecule has 0 heterocycles. The van der Waals surface area contributed by atoms with Crippen LogP contribution in [0.2, 0.25) is 0 Å². The molecular weight excluding hydrogens is 477 g/mol. The van der Waals surface area contributed by atoms with Crippen molar-refractivity contribution in [2.75, 3.05) is 4.72 Å². The van der Waals surface area contributed by atoms with Crippen molar-refractivity contribution in [3.8, 4) is 0 Å². The summed E-state index contributed by atoms with van der Waals surface area (Å²) in [4.78, 5) is 24.2. The van der Waals surface area contributed by atoms with Crippen LogP contribution < -0.4 is 15.6 Å². The van der Waals surface area contributed by atoms with Crippen LogP contribution >= 0.6 is 15.9 Å². The second-order valence-electron chi connectivity index (χ2n) is 6.00. The average molecular weight is 492 g/mol. The quantitative estimate of drug-likeness (QED) is 0.475. The van der Waals surface area contributed by atoms with Gasteiger partial charge in [-0.25, -0.2) is 12.8 Å². The largest absolute Gasteiger partial charge is 0.277 e. The van der Waals surface area contributed by atoms with Crippen LogP contribution in [0.3, 0.4) is 0 Å². The van der Waals surface area contributed by atoms with Crippen LogP contribution in [0.25, 0.3) is 0 Å². The summed E-state index contributed by atoms with van der Waals surface area (Å²) in [6.07, 6.45) is 0. The zero-order chi connectivity index (χ0) is 21.7. The van der Waals surface area contributed by atoms with Crippen LogP contribution in [0.15, 0.2) is 82.2 Å². The van der Waals surface area contributed by atoms with Crippen molar-refractivity contribution in [3.63, 3.8) is 0 Å². The van der Waals surface area contributed by atoms with Crippen molar-refractivity contribution in [2.45, 2.75) is 4.90 Å². The van der Waals surface area contributed by atoms with Crippen molar-refractivity contribution < 1.29 is 22.4 Å². The van der Waals surface area contributed by atoms with Gasteiger partial charge >= 0.3 is 0 Å². The first-order valence-corrected chi connectivity index (χ1v) is 10.8. The van der Waals surface area contributed by atoms with E-state index in [1.807, 2.05) is 0 Å². The molecule has 10 heteroatoms. The van der Waals surface area contributed by atoms with Crippen LogP contribution in [-0.4, -0.2) is 20.2 Å². The number of nitrogens with one attached hydrogen (secondary N) is 3. The molecule has 3 N–H and O–H groups in total. The lowest BCUT2D eigenvalue weighted by Crippen LogP contribution is -2.41. The van der Waals surface area contributed by atoms with E-state index in [0.717, 1.165) is 6.07 Å². The standard InChI is InChI=1S/C20H15BrFN3O4S/c21-16-6-2-1-5-15(16)20(27)24-23-19(26)13-9-11-14(12-10-13)30(28,29)25-18-8-4-3-7-17(18)22/h1-12,25H,(H,23,26)(H,24,27). The smallest absolute Gasteiger partial charge is 0.270 e. The number of anilines is 1. The minimum absolute atomic E-state index is 0.118. The molecule has 0 radical (unpaired) electrons. The third kappa shape index (κ3) is 5.02. The summed E-state index contributed by atoms with van der Waals surface area (Å²) in [6.45, 7) is 0. The van der Waals surface area contributed by atoms with Gasteiger partial charge in [-0.2, -0.15) is 0 Å². The van der Waals surface area contributed by atoms with Gasteiger partial charge in [0.05, 0.1) is 16.1 Å². The number of hydrazine groups is 1. The number of halogens is 2. The molecule has 0 aliphatic heterocycles. The monoisotopic (exact) mass is 491 g/mol. The van der Waals surface area contributed by atoms with Crippen LogP contribution in [-0.2, 0) is 10.0 Å². The zero-order valence-corrected chi connectivity index (χ0v) is 17.6. The zero-order valence-electron chi connectivity index (χ0n) is 15.2. The fraction of sp³-hybridized carbons (Fsp3) is 0. The highest BCUT2D eigenvalue weighted by Crippen LogP contribution is 2.19. The lowest BCUT2D eigenvalue weighted by molar-refractivity contribution is 0.0846. The van der Waals surface area contributed by atoms with Gasteiger partial charge in [0.15, 0.2) is 0 Å². The molecule has 0 spiro atoms. The highest BCUT2D eigenvalue weighted by Gasteiger charge is 2.17. The van der Waals surface area contributed by atoms with Gasteiger partial charge in [-0.3, -0.25) is 25.2 Å². The average Bonchev–Trinajstić information content (AvgIpc) is 2.74. The highest BCUT2D eigenvalue weighted by atomic mass is 79.9.